The van der Waals surface area contributed by atoms with Gasteiger partial charge in [-0.3, -0.25) is 19.8 Å². The second kappa shape index (κ2) is 9.86. The Morgan fingerprint density at radius 3 is 2.84 bits per heavy atom. The minimum atomic E-state index is -0.199. The van der Waals surface area contributed by atoms with Crippen molar-refractivity contribution < 1.29 is 18.7 Å². The molecule has 4 rings (SSSR count). The normalized spacial score (nSPS) is 14.4. The molecule has 8 nitrogen and oxygen atoms in total. The topological polar surface area (TPSA) is 96.7 Å². The molecule has 3 aromatic rings. The van der Waals surface area contributed by atoms with Crippen molar-refractivity contribution in [3.05, 3.63) is 58.7 Å². The van der Waals surface area contributed by atoms with Gasteiger partial charge in [0.05, 0.1) is 19.8 Å². The molecule has 0 unspecified atom stereocenters. The maximum Gasteiger partial charge on any atom is 0.257 e. The molecule has 0 spiro atoms. The van der Waals surface area contributed by atoms with Crippen LogP contribution in [0.25, 0.3) is 11.5 Å². The molecule has 1 saturated heterocycles. The predicted octanol–water partition coefficient (Wildman–Crippen LogP) is 3.12. The minimum absolute atomic E-state index is 0.120. The fourth-order valence-electron chi connectivity index (χ4n) is 3.26. The van der Waals surface area contributed by atoms with E-state index in [2.05, 4.69) is 20.5 Å². The van der Waals surface area contributed by atoms with Crippen LogP contribution in [0.15, 0.2) is 46.2 Å². The van der Waals surface area contributed by atoms with E-state index in [9.17, 15) is 9.59 Å². The lowest BCUT2D eigenvalue weighted by molar-refractivity contribution is -0.119. The van der Waals surface area contributed by atoms with Gasteiger partial charge in [0.15, 0.2) is 10.9 Å². The Bertz CT molecular complexity index is 1060. The first-order chi connectivity index (χ1) is 15.1. The number of amides is 2. The first kappa shape index (κ1) is 21.2. The molecular weight excluding hydrogens is 416 g/mol. The standard InChI is InChI=1S/C22H24N4O4S/c1-15(27)23-12-18-5-6-20(30-18)19-14-31-22(24-19)25-21(28)17-4-2-3-16(11-17)13-26-7-9-29-10-8-26/h2-6,11,14H,7-10,12-13H2,1H3,(H,23,27)(H,24,25,28). The molecule has 1 aliphatic heterocycles. The van der Waals surface area contributed by atoms with Gasteiger partial charge in [0.1, 0.15) is 11.5 Å². The summed E-state index contributed by atoms with van der Waals surface area (Å²) in [5.41, 5.74) is 2.32. The van der Waals surface area contributed by atoms with Gasteiger partial charge in [0, 0.05) is 37.5 Å². The predicted molar refractivity (Wildman–Crippen MR) is 118 cm³/mol. The number of nitrogens with one attached hydrogen (secondary N) is 2. The number of carbonyl (C=O) groups excluding carboxylic acids is 2. The molecule has 0 bridgehead atoms. The summed E-state index contributed by atoms with van der Waals surface area (Å²) in [5, 5.41) is 7.88. The lowest BCUT2D eigenvalue weighted by Gasteiger charge is -2.26. The van der Waals surface area contributed by atoms with Crippen LogP contribution < -0.4 is 10.6 Å². The summed E-state index contributed by atoms with van der Waals surface area (Å²) < 4.78 is 11.1. The molecule has 1 aromatic carbocycles. The Hall–Kier alpha value is -3.01. The highest BCUT2D eigenvalue weighted by atomic mass is 32.1. The van der Waals surface area contributed by atoms with Crippen molar-refractivity contribution in [2.24, 2.45) is 0 Å². The number of hydrogen-bond acceptors (Lipinski definition) is 7. The number of aromatic nitrogens is 1. The Morgan fingerprint density at radius 1 is 1.19 bits per heavy atom. The van der Waals surface area contributed by atoms with Gasteiger partial charge in [-0.1, -0.05) is 12.1 Å². The average Bonchev–Trinajstić information content (AvgIpc) is 3.43. The average molecular weight is 441 g/mol. The van der Waals surface area contributed by atoms with Crippen molar-refractivity contribution in [2.75, 3.05) is 31.6 Å². The summed E-state index contributed by atoms with van der Waals surface area (Å²) in [7, 11) is 0. The number of morpholine rings is 1. The molecule has 0 radical (unpaired) electrons. The summed E-state index contributed by atoms with van der Waals surface area (Å²) in [6, 6.07) is 11.2. The SMILES string of the molecule is CC(=O)NCc1ccc(-c2csc(NC(=O)c3cccc(CN4CCOCC4)c3)n2)o1. The Labute approximate surface area is 184 Å². The second-order valence-electron chi connectivity index (χ2n) is 7.26. The molecular formula is C22H24N4O4S. The first-order valence-corrected chi connectivity index (χ1v) is 10.9. The van der Waals surface area contributed by atoms with Crippen LogP contribution in [0.2, 0.25) is 0 Å². The summed E-state index contributed by atoms with van der Waals surface area (Å²) in [5.74, 6) is 0.909. The van der Waals surface area contributed by atoms with E-state index in [1.165, 1.54) is 18.3 Å². The van der Waals surface area contributed by atoms with E-state index in [0.29, 0.717) is 34.5 Å². The quantitative estimate of drug-likeness (QED) is 0.586. The zero-order chi connectivity index (χ0) is 21.6. The highest BCUT2D eigenvalue weighted by Gasteiger charge is 2.15. The van der Waals surface area contributed by atoms with E-state index < -0.39 is 0 Å². The number of nitrogens with zero attached hydrogens (tertiary/aromatic N) is 2. The molecule has 1 aliphatic rings. The zero-order valence-corrected chi connectivity index (χ0v) is 18.0. The zero-order valence-electron chi connectivity index (χ0n) is 17.2. The summed E-state index contributed by atoms with van der Waals surface area (Å²) in [6.07, 6.45) is 0. The maximum absolute atomic E-state index is 12.7. The van der Waals surface area contributed by atoms with E-state index in [0.717, 1.165) is 38.4 Å². The van der Waals surface area contributed by atoms with Crippen LogP contribution >= 0.6 is 11.3 Å². The lowest BCUT2D eigenvalue weighted by Crippen LogP contribution is -2.35. The summed E-state index contributed by atoms with van der Waals surface area (Å²) in [4.78, 5) is 30.5. The minimum Gasteiger partial charge on any atom is -0.458 e. The second-order valence-corrected chi connectivity index (χ2v) is 8.11. The van der Waals surface area contributed by atoms with Gasteiger partial charge in [0.2, 0.25) is 5.91 Å². The van der Waals surface area contributed by atoms with Crippen molar-refractivity contribution in [1.82, 2.24) is 15.2 Å². The number of carbonyl (C=O) groups is 2. The molecule has 3 heterocycles. The van der Waals surface area contributed by atoms with Gasteiger partial charge in [-0.05, 0) is 29.8 Å². The highest BCUT2D eigenvalue weighted by molar-refractivity contribution is 7.14. The number of anilines is 1. The Kier molecular flexibility index (Phi) is 6.76. The van der Waals surface area contributed by atoms with E-state index in [-0.39, 0.29) is 11.8 Å². The van der Waals surface area contributed by atoms with Crippen LogP contribution in [-0.2, 0) is 22.6 Å². The van der Waals surface area contributed by atoms with Crippen LogP contribution in [0.5, 0.6) is 0 Å². The van der Waals surface area contributed by atoms with Crippen molar-refractivity contribution in [3.8, 4) is 11.5 Å². The van der Waals surface area contributed by atoms with Crippen molar-refractivity contribution in [2.45, 2.75) is 20.0 Å². The van der Waals surface area contributed by atoms with Crippen LogP contribution in [0, 0.1) is 0 Å². The molecule has 162 valence electrons. The fraction of sp³-hybridized carbons (Fsp3) is 0.318. The highest BCUT2D eigenvalue weighted by Crippen LogP contribution is 2.27. The molecule has 9 heteroatoms. The largest absolute Gasteiger partial charge is 0.458 e. The summed E-state index contributed by atoms with van der Waals surface area (Å²) >= 11 is 1.33. The molecule has 31 heavy (non-hydrogen) atoms. The number of ether oxygens (including phenoxy) is 1. The summed E-state index contributed by atoms with van der Waals surface area (Å²) in [6.45, 7) is 5.87. The maximum atomic E-state index is 12.7. The van der Waals surface area contributed by atoms with Crippen molar-refractivity contribution in [1.29, 1.82) is 0 Å². The third-order valence-corrected chi connectivity index (χ3v) is 5.61. The van der Waals surface area contributed by atoms with Crippen LogP contribution in [0.4, 0.5) is 5.13 Å². The van der Waals surface area contributed by atoms with Gasteiger partial charge in [-0.15, -0.1) is 11.3 Å². The van der Waals surface area contributed by atoms with Crippen LogP contribution in [0.3, 0.4) is 0 Å². The van der Waals surface area contributed by atoms with Crippen LogP contribution in [0.1, 0.15) is 28.6 Å². The van der Waals surface area contributed by atoms with E-state index in [1.807, 2.05) is 23.6 Å². The molecule has 0 aliphatic carbocycles. The van der Waals surface area contributed by atoms with Crippen molar-refractivity contribution >= 4 is 28.3 Å². The third kappa shape index (κ3) is 5.78. The molecule has 2 aromatic heterocycles. The molecule has 2 N–H and O–H groups in total. The van der Waals surface area contributed by atoms with E-state index in [4.69, 9.17) is 9.15 Å². The van der Waals surface area contributed by atoms with Gasteiger partial charge in [-0.25, -0.2) is 4.98 Å². The number of furan rings is 1. The Morgan fingerprint density at radius 2 is 2.03 bits per heavy atom. The number of thiazole rings is 1. The van der Waals surface area contributed by atoms with E-state index in [1.54, 1.807) is 18.2 Å². The molecule has 2 amide bonds. The monoisotopic (exact) mass is 440 g/mol. The van der Waals surface area contributed by atoms with E-state index >= 15 is 0 Å². The van der Waals surface area contributed by atoms with Gasteiger partial charge < -0.3 is 14.5 Å². The lowest BCUT2D eigenvalue weighted by atomic mass is 10.1. The fourth-order valence-corrected chi connectivity index (χ4v) is 3.96. The van der Waals surface area contributed by atoms with Gasteiger partial charge in [-0.2, -0.15) is 0 Å². The Balaban J connectivity index is 1.37. The first-order valence-electron chi connectivity index (χ1n) is 10.1. The van der Waals surface area contributed by atoms with Crippen molar-refractivity contribution in [3.63, 3.8) is 0 Å². The van der Waals surface area contributed by atoms with Gasteiger partial charge >= 0.3 is 0 Å². The number of rotatable bonds is 7. The molecule has 0 saturated carbocycles. The number of benzene rings is 1. The third-order valence-electron chi connectivity index (χ3n) is 4.85. The van der Waals surface area contributed by atoms with Crippen LogP contribution in [-0.4, -0.2) is 48.0 Å². The molecule has 0 atom stereocenters. The van der Waals surface area contributed by atoms with Gasteiger partial charge in [0.25, 0.3) is 5.91 Å². The molecule has 1 fully saturated rings. The number of hydrogen-bond donors (Lipinski definition) is 2. The smallest absolute Gasteiger partial charge is 0.257 e.